The van der Waals surface area contributed by atoms with Crippen LogP contribution in [-0.4, -0.2) is 18.0 Å². The van der Waals surface area contributed by atoms with Gasteiger partial charge in [0.05, 0.1) is 0 Å². The molecule has 1 atom stereocenters. The van der Waals surface area contributed by atoms with Gasteiger partial charge >= 0.3 is 0 Å². The molecule has 0 spiro atoms. The van der Waals surface area contributed by atoms with Gasteiger partial charge in [-0.3, -0.25) is 4.79 Å². The van der Waals surface area contributed by atoms with E-state index in [1.165, 1.54) is 11.3 Å². The summed E-state index contributed by atoms with van der Waals surface area (Å²) in [5.74, 6) is 0.0748. The number of nitrogens with zero attached hydrogens (tertiary/aromatic N) is 2. The molecule has 0 bridgehead atoms. The molecular weight excluding hydrogens is 370 g/mol. The van der Waals surface area contributed by atoms with E-state index >= 15 is 0 Å². The zero-order valence-corrected chi connectivity index (χ0v) is 18.6. The van der Waals surface area contributed by atoms with Crippen molar-refractivity contribution in [3.8, 4) is 6.07 Å². The van der Waals surface area contributed by atoms with Crippen molar-refractivity contribution in [2.24, 2.45) is 0 Å². The van der Waals surface area contributed by atoms with E-state index in [0.717, 1.165) is 29.7 Å². The first-order valence-corrected chi connectivity index (χ1v) is 10.6. The number of amides is 1. The summed E-state index contributed by atoms with van der Waals surface area (Å²) in [6.45, 7) is 12.4. The highest BCUT2D eigenvalue weighted by atomic mass is 16.1. The third kappa shape index (κ3) is 4.41. The van der Waals surface area contributed by atoms with Crippen molar-refractivity contribution in [1.29, 1.82) is 5.26 Å². The topological polar surface area (TPSA) is 56.1 Å². The minimum Gasteiger partial charge on any atom is -0.366 e. The van der Waals surface area contributed by atoms with Crippen molar-refractivity contribution in [2.75, 3.05) is 11.4 Å². The number of nitrogens with one attached hydrogen (secondary N) is 1. The molecule has 4 heteroatoms. The molecule has 0 saturated carbocycles. The summed E-state index contributed by atoms with van der Waals surface area (Å²) in [5, 5.41) is 12.4. The summed E-state index contributed by atoms with van der Waals surface area (Å²) in [7, 11) is 0. The van der Waals surface area contributed by atoms with Crippen molar-refractivity contribution in [1.82, 2.24) is 5.32 Å². The third-order valence-corrected chi connectivity index (χ3v) is 6.05. The van der Waals surface area contributed by atoms with Gasteiger partial charge in [-0.2, -0.15) is 5.26 Å². The second kappa shape index (κ2) is 8.75. The molecule has 1 aliphatic rings. The lowest BCUT2D eigenvalue weighted by Gasteiger charge is -2.47. The molecule has 4 nitrogen and oxygen atoms in total. The Hall–Kier alpha value is -3.06. The zero-order chi connectivity index (χ0) is 21.9. The smallest absolute Gasteiger partial charge is 0.262 e. The Bertz CT molecular complexity index is 999. The molecule has 0 unspecified atom stereocenters. The van der Waals surface area contributed by atoms with Gasteiger partial charge in [0.2, 0.25) is 0 Å². The highest BCUT2D eigenvalue weighted by molar-refractivity contribution is 6.01. The monoisotopic (exact) mass is 401 g/mol. The van der Waals surface area contributed by atoms with E-state index < -0.39 is 0 Å². The highest BCUT2D eigenvalue weighted by Gasteiger charge is 2.35. The van der Waals surface area contributed by atoms with E-state index in [1.807, 2.05) is 37.3 Å². The molecule has 0 saturated heterocycles. The number of hydrogen-bond donors (Lipinski definition) is 1. The summed E-state index contributed by atoms with van der Waals surface area (Å²) < 4.78 is 0. The maximum atomic E-state index is 12.6. The Morgan fingerprint density at radius 1 is 1.30 bits per heavy atom. The molecule has 0 fully saturated rings. The van der Waals surface area contributed by atoms with Crippen molar-refractivity contribution < 1.29 is 4.79 Å². The first kappa shape index (κ1) is 21.6. The number of fused-ring (bicyclic) bond motifs is 1. The van der Waals surface area contributed by atoms with Crippen LogP contribution in [-0.2, 0) is 11.3 Å². The Balaban J connectivity index is 1.89. The van der Waals surface area contributed by atoms with Crippen molar-refractivity contribution in [3.05, 3.63) is 70.3 Å². The van der Waals surface area contributed by atoms with Crippen molar-refractivity contribution in [3.63, 3.8) is 0 Å². The van der Waals surface area contributed by atoms with Gasteiger partial charge in [0.1, 0.15) is 11.6 Å². The van der Waals surface area contributed by atoms with E-state index in [1.54, 1.807) is 6.08 Å². The van der Waals surface area contributed by atoms with E-state index in [9.17, 15) is 10.1 Å². The summed E-state index contributed by atoms with van der Waals surface area (Å²) in [5.41, 5.74) is 5.80. The minimum absolute atomic E-state index is 0.111. The molecule has 1 aliphatic heterocycles. The Morgan fingerprint density at radius 3 is 2.63 bits per heavy atom. The molecule has 0 radical (unpaired) electrons. The van der Waals surface area contributed by atoms with Gasteiger partial charge in [0, 0.05) is 24.3 Å². The average Bonchev–Trinajstić information content (AvgIpc) is 2.71. The molecule has 2 aromatic carbocycles. The van der Waals surface area contributed by atoms with Crippen LogP contribution in [0.4, 0.5) is 5.69 Å². The number of nitriles is 1. The van der Waals surface area contributed by atoms with Crippen LogP contribution in [0, 0.1) is 18.3 Å². The molecule has 0 aromatic heterocycles. The van der Waals surface area contributed by atoms with Crippen LogP contribution in [0.3, 0.4) is 0 Å². The quantitative estimate of drug-likeness (QED) is 0.544. The highest BCUT2D eigenvalue weighted by Crippen LogP contribution is 2.44. The van der Waals surface area contributed by atoms with Crippen LogP contribution in [0.25, 0.3) is 6.08 Å². The standard InChI is InChI=1S/C26H31N3O/c1-6-29-24-12-18(2)21(14-23(24)19(3)15-26(29,4)5)13-22(16-27)25(30)28-17-20-10-8-7-9-11-20/h7-14,19H,6,15,17H2,1-5H3,(H,28,30)/b22-13-/t19-/m0/s1. The molecule has 3 rings (SSSR count). The van der Waals surface area contributed by atoms with Gasteiger partial charge in [-0.15, -0.1) is 0 Å². The van der Waals surface area contributed by atoms with Gasteiger partial charge in [0.25, 0.3) is 5.91 Å². The van der Waals surface area contributed by atoms with Gasteiger partial charge in [-0.05, 0) is 80.5 Å². The summed E-state index contributed by atoms with van der Waals surface area (Å²) >= 11 is 0. The zero-order valence-electron chi connectivity index (χ0n) is 18.6. The summed E-state index contributed by atoms with van der Waals surface area (Å²) in [4.78, 5) is 15.0. The van der Waals surface area contributed by atoms with Crippen LogP contribution in [0.2, 0.25) is 0 Å². The van der Waals surface area contributed by atoms with Crippen LogP contribution in [0.5, 0.6) is 0 Å². The molecule has 0 aliphatic carbocycles. The molecule has 1 N–H and O–H groups in total. The average molecular weight is 402 g/mol. The first-order valence-electron chi connectivity index (χ1n) is 10.6. The fourth-order valence-electron chi connectivity index (χ4n) is 4.58. The number of carbonyl (C=O) groups excluding carboxylic acids is 1. The van der Waals surface area contributed by atoms with E-state index in [4.69, 9.17) is 0 Å². The minimum atomic E-state index is -0.345. The van der Waals surface area contributed by atoms with Crippen LogP contribution >= 0.6 is 0 Å². The lowest BCUT2D eigenvalue weighted by Crippen LogP contribution is -2.48. The maximum absolute atomic E-state index is 12.6. The fourth-order valence-corrected chi connectivity index (χ4v) is 4.58. The molecular formula is C26H31N3O. The molecule has 1 amide bonds. The SMILES string of the molecule is CCN1c2cc(C)c(/C=C(/C#N)C(=O)NCc3ccccc3)cc2[C@@H](C)CC1(C)C. The Labute approximate surface area is 180 Å². The van der Waals surface area contributed by atoms with Crippen LogP contribution in [0.1, 0.15) is 62.3 Å². The normalized spacial score (nSPS) is 17.8. The second-order valence-corrected chi connectivity index (χ2v) is 8.77. The summed E-state index contributed by atoms with van der Waals surface area (Å²) in [6, 6.07) is 16.1. The fraction of sp³-hybridized carbons (Fsp3) is 0.385. The molecule has 156 valence electrons. The van der Waals surface area contributed by atoms with Crippen LogP contribution < -0.4 is 10.2 Å². The maximum Gasteiger partial charge on any atom is 0.262 e. The van der Waals surface area contributed by atoms with Crippen LogP contribution in [0.15, 0.2) is 48.0 Å². The Kier molecular flexibility index (Phi) is 6.31. The Morgan fingerprint density at radius 2 is 2.00 bits per heavy atom. The molecule has 1 heterocycles. The van der Waals surface area contributed by atoms with Crippen molar-refractivity contribution >= 4 is 17.7 Å². The number of benzene rings is 2. The first-order chi connectivity index (χ1) is 14.3. The van der Waals surface area contributed by atoms with Crippen molar-refractivity contribution in [2.45, 2.75) is 59.0 Å². The number of carbonyl (C=O) groups is 1. The van der Waals surface area contributed by atoms with E-state index in [2.05, 4.69) is 56.1 Å². The number of aryl methyl sites for hydroxylation is 1. The van der Waals surface area contributed by atoms with Gasteiger partial charge in [-0.25, -0.2) is 0 Å². The number of anilines is 1. The van der Waals surface area contributed by atoms with Gasteiger partial charge in [0.15, 0.2) is 0 Å². The van der Waals surface area contributed by atoms with E-state index in [-0.39, 0.29) is 17.0 Å². The molecule has 2 aromatic rings. The predicted molar refractivity (Wildman–Crippen MR) is 123 cm³/mol. The van der Waals surface area contributed by atoms with Gasteiger partial charge in [-0.1, -0.05) is 37.3 Å². The lowest BCUT2D eigenvalue weighted by molar-refractivity contribution is -0.117. The third-order valence-electron chi connectivity index (χ3n) is 6.05. The lowest BCUT2D eigenvalue weighted by atomic mass is 9.79. The number of rotatable bonds is 5. The predicted octanol–water partition coefficient (Wildman–Crippen LogP) is 5.33. The summed E-state index contributed by atoms with van der Waals surface area (Å²) in [6.07, 6.45) is 2.79. The second-order valence-electron chi connectivity index (χ2n) is 8.77. The van der Waals surface area contributed by atoms with Gasteiger partial charge < -0.3 is 10.2 Å². The largest absolute Gasteiger partial charge is 0.366 e. The van der Waals surface area contributed by atoms with E-state index in [0.29, 0.717) is 12.5 Å². The molecule has 30 heavy (non-hydrogen) atoms. The number of hydrogen-bond acceptors (Lipinski definition) is 3.